The molecule has 8 heteroatoms. The minimum atomic E-state index is -0.390. The second-order valence-corrected chi connectivity index (χ2v) is 7.04. The maximum atomic E-state index is 12.8. The summed E-state index contributed by atoms with van der Waals surface area (Å²) in [5.74, 6) is -0.376. The van der Waals surface area contributed by atoms with Crippen LogP contribution >= 0.6 is 11.8 Å². The van der Waals surface area contributed by atoms with Crippen LogP contribution in [0.2, 0.25) is 0 Å². The summed E-state index contributed by atoms with van der Waals surface area (Å²) >= 11 is 1.47. The monoisotopic (exact) mass is 391 g/mol. The molecule has 0 saturated heterocycles. The molecule has 0 atom stereocenters. The quantitative estimate of drug-likeness (QED) is 0.541. The third-order valence-electron chi connectivity index (χ3n) is 4.34. The van der Waals surface area contributed by atoms with Crippen molar-refractivity contribution in [2.75, 3.05) is 11.7 Å². The Bertz CT molecular complexity index is 1230. The van der Waals surface area contributed by atoms with E-state index >= 15 is 0 Å². The van der Waals surface area contributed by atoms with Gasteiger partial charge in [-0.25, -0.2) is 14.3 Å². The SMILES string of the molecule is CSc1ccccc1C(=O)Nn1cnc2c(cnn2-c2ccc(C)cc2)c1=O. The molecule has 0 saturated carbocycles. The molecule has 0 aliphatic carbocycles. The third-order valence-corrected chi connectivity index (χ3v) is 5.14. The number of rotatable bonds is 4. The molecular formula is C20H17N5O2S. The van der Waals surface area contributed by atoms with Crippen LogP contribution in [0.5, 0.6) is 0 Å². The number of carbonyl (C=O) groups is 1. The average molecular weight is 391 g/mol. The number of hydrogen-bond acceptors (Lipinski definition) is 5. The van der Waals surface area contributed by atoms with Crippen molar-refractivity contribution in [1.29, 1.82) is 0 Å². The highest BCUT2D eigenvalue weighted by Gasteiger charge is 2.15. The second-order valence-electron chi connectivity index (χ2n) is 6.19. The molecule has 0 bridgehead atoms. The van der Waals surface area contributed by atoms with Gasteiger partial charge in [-0.15, -0.1) is 11.8 Å². The normalized spacial score (nSPS) is 10.9. The number of amides is 1. The number of nitrogens with zero attached hydrogens (tertiary/aromatic N) is 4. The minimum Gasteiger partial charge on any atom is -0.267 e. The summed E-state index contributed by atoms with van der Waals surface area (Å²) < 4.78 is 2.69. The van der Waals surface area contributed by atoms with E-state index in [1.54, 1.807) is 16.8 Å². The number of carbonyl (C=O) groups excluding carboxylic acids is 1. The number of fused-ring (bicyclic) bond motifs is 1. The third kappa shape index (κ3) is 3.18. The van der Waals surface area contributed by atoms with E-state index in [4.69, 9.17) is 0 Å². The van der Waals surface area contributed by atoms with Gasteiger partial charge in [-0.2, -0.15) is 5.10 Å². The molecule has 0 radical (unpaired) electrons. The van der Waals surface area contributed by atoms with Crippen LogP contribution in [0, 0.1) is 6.92 Å². The molecule has 0 fully saturated rings. The Morgan fingerprint density at radius 3 is 2.61 bits per heavy atom. The Morgan fingerprint density at radius 2 is 1.86 bits per heavy atom. The standard InChI is InChI=1S/C20H17N5O2S/c1-13-7-9-14(10-8-13)25-18-16(11-22-25)20(27)24(12-21-18)23-19(26)15-5-3-4-6-17(15)28-2/h3-12H,1-2H3,(H,23,26). The van der Waals surface area contributed by atoms with E-state index < -0.39 is 5.56 Å². The molecule has 2 aromatic heterocycles. The lowest BCUT2D eigenvalue weighted by Crippen LogP contribution is -2.33. The summed E-state index contributed by atoms with van der Waals surface area (Å²) in [4.78, 5) is 30.6. The maximum absolute atomic E-state index is 12.8. The van der Waals surface area contributed by atoms with Crippen LogP contribution in [0.1, 0.15) is 15.9 Å². The van der Waals surface area contributed by atoms with E-state index in [2.05, 4.69) is 15.5 Å². The number of hydrogen-bond donors (Lipinski definition) is 1. The molecule has 4 aromatic rings. The first-order chi connectivity index (χ1) is 13.6. The summed E-state index contributed by atoms with van der Waals surface area (Å²) in [7, 11) is 0. The summed E-state index contributed by atoms with van der Waals surface area (Å²) in [6.07, 6.45) is 4.66. The Balaban J connectivity index is 1.70. The Morgan fingerprint density at radius 1 is 1.11 bits per heavy atom. The van der Waals surface area contributed by atoms with Gasteiger partial charge in [0.2, 0.25) is 0 Å². The van der Waals surface area contributed by atoms with Gasteiger partial charge in [0.25, 0.3) is 11.5 Å². The van der Waals surface area contributed by atoms with Crippen LogP contribution in [0.4, 0.5) is 0 Å². The van der Waals surface area contributed by atoms with Crippen LogP contribution in [-0.2, 0) is 0 Å². The highest BCUT2D eigenvalue weighted by molar-refractivity contribution is 7.98. The molecular weight excluding hydrogens is 374 g/mol. The predicted molar refractivity (Wildman–Crippen MR) is 110 cm³/mol. The second kappa shape index (κ2) is 7.32. The lowest BCUT2D eigenvalue weighted by atomic mass is 10.2. The summed E-state index contributed by atoms with van der Waals surface area (Å²) in [5, 5.41) is 4.61. The van der Waals surface area contributed by atoms with Gasteiger partial charge in [-0.1, -0.05) is 29.8 Å². The van der Waals surface area contributed by atoms with Crippen molar-refractivity contribution in [3.8, 4) is 5.69 Å². The molecule has 140 valence electrons. The largest absolute Gasteiger partial charge is 0.283 e. The van der Waals surface area contributed by atoms with Gasteiger partial charge in [-0.05, 0) is 37.4 Å². The van der Waals surface area contributed by atoms with Gasteiger partial charge in [0.05, 0.1) is 17.4 Å². The molecule has 2 heterocycles. The Hall–Kier alpha value is -3.39. The highest BCUT2D eigenvalue weighted by Crippen LogP contribution is 2.20. The van der Waals surface area contributed by atoms with Crippen molar-refractivity contribution >= 4 is 28.7 Å². The smallest absolute Gasteiger partial charge is 0.267 e. The topological polar surface area (TPSA) is 81.8 Å². The zero-order valence-corrected chi connectivity index (χ0v) is 16.1. The Labute approximate surface area is 165 Å². The fourth-order valence-corrected chi connectivity index (χ4v) is 3.46. The van der Waals surface area contributed by atoms with Gasteiger partial charge in [-0.3, -0.25) is 15.0 Å². The number of thioether (sulfide) groups is 1. The van der Waals surface area contributed by atoms with E-state index in [1.807, 2.05) is 49.6 Å². The van der Waals surface area contributed by atoms with Crippen LogP contribution in [0.15, 0.2) is 70.7 Å². The minimum absolute atomic E-state index is 0.321. The average Bonchev–Trinajstić information content (AvgIpc) is 3.15. The van der Waals surface area contributed by atoms with Crippen molar-refractivity contribution in [3.05, 3.63) is 82.5 Å². The van der Waals surface area contributed by atoms with Crippen LogP contribution in [0.3, 0.4) is 0 Å². The maximum Gasteiger partial charge on any atom is 0.283 e. The number of aryl methyl sites for hydroxylation is 1. The number of benzene rings is 2. The van der Waals surface area contributed by atoms with Gasteiger partial charge in [0.1, 0.15) is 11.7 Å². The van der Waals surface area contributed by atoms with Gasteiger partial charge >= 0.3 is 0 Å². The van der Waals surface area contributed by atoms with Gasteiger partial charge in [0, 0.05) is 4.90 Å². The van der Waals surface area contributed by atoms with Gasteiger partial charge in [0.15, 0.2) is 5.65 Å². The first-order valence-electron chi connectivity index (χ1n) is 8.55. The van der Waals surface area contributed by atoms with Crippen molar-refractivity contribution in [1.82, 2.24) is 19.4 Å². The molecule has 1 N–H and O–H groups in total. The van der Waals surface area contributed by atoms with Crippen LogP contribution in [0.25, 0.3) is 16.7 Å². The van der Waals surface area contributed by atoms with Crippen LogP contribution in [-0.4, -0.2) is 31.6 Å². The fourth-order valence-electron chi connectivity index (χ4n) is 2.87. The molecule has 2 aromatic carbocycles. The number of aromatic nitrogens is 4. The molecule has 0 aliphatic heterocycles. The fraction of sp³-hybridized carbons (Fsp3) is 0.100. The molecule has 4 rings (SSSR count). The lowest BCUT2D eigenvalue weighted by Gasteiger charge is -2.10. The van der Waals surface area contributed by atoms with Crippen molar-refractivity contribution in [3.63, 3.8) is 0 Å². The number of nitrogens with one attached hydrogen (secondary N) is 1. The summed E-state index contributed by atoms with van der Waals surface area (Å²) in [6, 6.07) is 15.0. The first kappa shape index (κ1) is 18.0. The van der Waals surface area contributed by atoms with E-state index in [9.17, 15) is 9.59 Å². The van der Waals surface area contributed by atoms with E-state index in [1.165, 1.54) is 24.3 Å². The van der Waals surface area contributed by atoms with Crippen LogP contribution < -0.4 is 11.0 Å². The highest BCUT2D eigenvalue weighted by atomic mass is 32.2. The molecule has 0 unspecified atom stereocenters. The molecule has 0 aliphatic rings. The van der Waals surface area contributed by atoms with Crippen molar-refractivity contribution < 1.29 is 4.79 Å². The van der Waals surface area contributed by atoms with E-state index in [-0.39, 0.29) is 5.91 Å². The summed E-state index contributed by atoms with van der Waals surface area (Å²) in [6.45, 7) is 2.00. The van der Waals surface area contributed by atoms with Crippen molar-refractivity contribution in [2.45, 2.75) is 11.8 Å². The predicted octanol–water partition coefficient (Wildman–Crippen LogP) is 3.00. The lowest BCUT2D eigenvalue weighted by molar-refractivity contribution is 0.100. The summed E-state index contributed by atoms with van der Waals surface area (Å²) in [5.41, 5.74) is 5.08. The van der Waals surface area contributed by atoms with E-state index in [0.29, 0.717) is 16.6 Å². The molecule has 7 nitrogen and oxygen atoms in total. The zero-order chi connectivity index (χ0) is 19.7. The Kier molecular flexibility index (Phi) is 4.70. The van der Waals surface area contributed by atoms with Crippen molar-refractivity contribution in [2.24, 2.45) is 0 Å². The zero-order valence-electron chi connectivity index (χ0n) is 15.3. The molecule has 1 amide bonds. The van der Waals surface area contributed by atoms with E-state index in [0.717, 1.165) is 20.8 Å². The first-order valence-corrected chi connectivity index (χ1v) is 9.78. The molecule has 28 heavy (non-hydrogen) atoms. The molecule has 0 spiro atoms. The van der Waals surface area contributed by atoms with Gasteiger partial charge < -0.3 is 0 Å².